The average molecular weight is 516 g/mol. The fourth-order valence-corrected chi connectivity index (χ4v) is 4.77. The number of carbonyl (C=O) groups excluding carboxylic acids is 2. The summed E-state index contributed by atoms with van der Waals surface area (Å²) in [6.07, 6.45) is 1.22. The lowest BCUT2D eigenvalue weighted by Crippen LogP contribution is -2.51. The Morgan fingerprint density at radius 2 is 1.65 bits per heavy atom. The number of halogens is 2. The van der Waals surface area contributed by atoms with E-state index in [0.29, 0.717) is 23.0 Å². The predicted molar refractivity (Wildman–Crippen MR) is 141 cm³/mol. The van der Waals surface area contributed by atoms with Crippen molar-refractivity contribution in [2.75, 3.05) is 12.3 Å². The van der Waals surface area contributed by atoms with E-state index < -0.39 is 6.04 Å². The van der Waals surface area contributed by atoms with Gasteiger partial charge in [0.25, 0.3) is 0 Å². The quantitative estimate of drug-likeness (QED) is 0.307. The molecule has 3 aromatic rings. The molecule has 3 rings (SSSR count). The number of thioether (sulfide) groups is 1. The molecule has 0 saturated heterocycles. The predicted octanol–water partition coefficient (Wildman–Crippen LogP) is 6.25. The Balaban J connectivity index is 1.91. The number of hydrogen-bond acceptors (Lipinski definition) is 3. The first-order valence-electron chi connectivity index (χ1n) is 11.2. The Kier molecular flexibility index (Phi) is 10.3. The van der Waals surface area contributed by atoms with E-state index in [4.69, 9.17) is 23.2 Å². The molecule has 1 atom stereocenters. The minimum Gasteiger partial charge on any atom is -0.354 e. The molecule has 0 unspecified atom stereocenters. The number of nitrogens with one attached hydrogen (secondary N) is 1. The topological polar surface area (TPSA) is 49.4 Å². The molecular weight excluding hydrogens is 487 g/mol. The zero-order valence-electron chi connectivity index (χ0n) is 19.0. The molecule has 0 spiro atoms. The van der Waals surface area contributed by atoms with E-state index in [-0.39, 0.29) is 24.1 Å². The van der Waals surface area contributed by atoms with Crippen LogP contribution in [-0.4, -0.2) is 35.1 Å². The second kappa shape index (κ2) is 13.4. The maximum atomic E-state index is 13.6. The smallest absolute Gasteiger partial charge is 0.243 e. The van der Waals surface area contributed by atoms with Crippen molar-refractivity contribution >= 4 is 46.8 Å². The minimum absolute atomic E-state index is 0.132. The Morgan fingerprint density at radius 3 is 2.29 bits per heavy atom. The monoisotopic (exact) mass is 514 g/mol. The van der Waals surface area contributed by atoms with Crippen LogP contribution in [0.3, 0.4) is 0 Å². The summed E-state index contributed by atoms with van der Waals surface area (Å²) in [4.78, 5) is 29.5. The van der Waals surface area contributed by atoms with Gasteiger partial charge in [0.2, 0.25) is 11.8 Å². The van der Waals surface area contributed by atoms with Gasteiger partial charge in [-0.2, -0.15) is 0 Å². The van der Waals surface area contributed by atoms with Gasteiger partial charge in [-0.15, -0.1) is 11.8 Å². The number of benzene rings is 3. The summed E-state index contributed by atoms with van der Waals surface area (Å²) in [5.74, 6) is -0.0945. The summed E-state index contributed by atoms with van der Waals surface area (Å²) in [6.45, 7) is 2.76. The molecule has 178 valence electrons. The molecule has 3 aromatic carbocycles. The molecule has 0 heterocycles. The van der Waals surface area contributed by atoms with Crippen molar-refractivity contribution in [1.29, 1.82) is 0 Å². The fourth-order valence-electron chi connectivity index (χ4n) is 3.50. The van der Waals surface area contributed by atoms with Crippen LogP contribution >= 0.6 is 35.0 Å². The molecule has 0 aliphatic rings. The van der Waals surface area contributed by atoms with Crippen LogP contribution in [0.25, 0.3) is 0 Å². The van der Waals surface area contributed by atoms with Gasteiger partial charge in [0.15, 0.2) is 0 Å². The number of carbonyl (C=O) groups is 2. The molecule has 0 fully saturated rings. The van der Waals surface area contributed by atoms with E-state index in [1.165, 1.54) is 11.8 Å². The molecular formula is C27H28Cl2N2O2S. The van der Waals surface area contributed by atoms with Crippen LogP contribution in [0.1, 0.15) is 24.5 Å². The van der Waals surface area contributed by atoms with E-state index >= 15 is 0 Å². The van der Waals surface area contributed by atoms with Crippen LogP contribution in [0.4, 0.5) is 0 Å². The maximum Gasteiger partial charge on any atom is 0.243 e. The number of rotatable bonds is 11. The second-order valence-corrected chi connectivity index (χ2v) is 9.75. The summed E-state index contributed by atoms with van der Waals surface area (Å²) >= 11 is 14.0. The van der Waals surface area contributed by atoms with E-state index in [9.17, 15) is 9.59 Å². The molecule has 0 aliphatic carbocycles. The van der Waals surface area contributed by atoms with Crippen LogP contribution in [-0.2, 0) is 22.6 Å². The standard InChI is InChI=1S/C27H28Cl2N2O2S/c1-2-15-30-27(33)25(16-20-9-5-3-6-10-20)31(18-21-13-14-22(28)17-24(21)29)26(32)19-34-23-11-7-4-8-12-23/h3-14,17,25H,2,15-16,18-19H2,1H3,(H,30,33)/t25-/m1/s1. The first-order chi connectivity index (χ1) is 16.5. The average Bonchev–Trinajstić information content (AvgIpc) is 2.85. The minimum atomic E-state index is -0.676. The van der Waals surface area contributed by atoms with Gasteiger partial charge in [-0.3, -0.25) is 9.59 Å². The Morgan fingerprint density at radius 1 is 0.971 bits per heavy atom. The van der Waals surface area contributed by atoms with Gasteiger partial charge in [-0.05, 0) is 41.8 Å². The first-order valence-corrected chi connectivity index (χ1v) is 12.9. The summed E-state index contributed by atoms with van der Waals surface area (Å²) in [6, 6.07) is 24.0. The van der Waals surface area contributed by atoms with Gasteiger partial charge in [-0.1, -0.05) is 84.7 Å². The highest BCUT2D eigenvalue weighted by Gasteiger charge is 2.30. The molecule has 0 saturated carbocycles. The molecule has 0 radical (unpaired) electrons. The molecule has 0 aliphatic heterocycles. The Labute approximate surface area is 215 Å². The van der Waals surface area contributed by atoms with Crippen molar-refractivity contribution in [3.63, 3.8) is 0 Å². The van der Waals surface area contributed by atoms with Crippen LogP contribution in [0.2, 0.25) is 10.0 Å². The zero-order chi connectivity index (χ0) is 24.3. The van der Waals surface area contributed by atoms with Gasteiger partial charge in [0, 0.05) is 34.5 Å². The van der Waals surface area contributed by atoms with Crippen LogP contribution in [0, 0.1) is 0 Å². The fraction of sp³-hybridized carbons (Fsp3) is 0.259. The summed E-state index contributed by atoms with van der Waals surface area (Å²) in [5, 5.41) is 3.96. The molecule has 7 heteroatoms. The van der Waals surface area contributed by atoms with E-state index in [1.807, 2.05) is 67.6 Å². The lowest BCUT2D eigenvalue weighted by Gasteiger charge is -2.32. The molecule has 4 nitrogen and oxygen atoms in total. The second-order valence-electron chi connectivity index (χ2n) is 7.86. The van der Waals surface area contributed by atoms with Gasteiger partial charge in [-0.25, -0.2) is 0 Å². The highest BCUT2D eigenvalue weighted by Crippen LogP contribution is 2.25. The van der Waals surface area contributed by atoms with E-state index in [2.05, 4.69) is 5.32 Å². The van der Waals surface area contributed by atoms with Crippen LogP contribution in [0.5, 0.6) is 0 Å². The number of hydrogen-bond donors (Lipinski definition) is 1. The lowest BCUT2D eigenvalue weighted by atomic mass is 10.0. The SMILES string of the molecule is CCCNC(=O)[C@@H](Cc1ccccc1)N(Cc1ccc(Cl)cc1Cl)C(=O)CSc1ccccc1. The van der Waals surface area contributed by atoms with Crippen molar-refractivity contribution < 1.29 is 9.59 Å². The Bertz CT molecular complexity index is 1080. The third kappa shape index (κ3) is 7.79. The largest absolute Gasteiger partial charge is 0.354 e. The molecule has 0 bridgehead atoms. The molecule has 0 aromatic heterocycles. The summed E-state index contributed by atoms with van der Waals surface area (Å²) in [7, 11) is 0. The summed E-state index contributed by atoms with van der Waals surface area (Å²) < 4.78 is 0. The van der Waals surface area contributed by atoms with Crippen molar-refractivity contribution in [2.24, 2.45) is 0 Å². The molecule has 34 heavy (non-hydrogen) atoms. The van der Waals surface area contributed by atoms with E-state index in [0.717, 1.165) is 22.4 Å². The molecule has 1 N–H and O–H groups in total. The van der Waals surface area contributed by atoms with Gasteiger partial charge in [0.05, 0.1) is 5.75 Å². The number of amides is 2. The molecule has 2 amide bonds. The highest BCUT2D eigenvalue weighted by molar-refractivity contribution is 8.00. The maximum absolute atomic E-state index is 13.6. The van der Waals surface area contributed by atoms with Crippen molar-refractivity contribution in [1.82, 2.24) is 10.2 Å². The van der Waals surface area contributed by atoms with Gasteiger partial charge in [0.1, 0.15) is 6.04 Å². The van der Waals surface area contributed by atoms with Crippen molar-refractivity contribution in [3.8, 4) is 0 Å². The normalized spacial score (nSPS) is 11.6. The zero-order valence-corrected chi connectivity index (χ0v) is 21.4. The third-order valence-electron chi connectivity index (χ3n) is 5.28. The highest BCUT2D eigenvalue weighted by atomic mass is 35.5. The van der Waals surface area contributed by atoms with Crippen LogP contribution in [0.15, 0.2) is 83.8 Å². The summed E-state index contributed by atoms with van der Waals surface area (Å²) in [5.41, 5.74) is 1.72. The van der Waals surface area contributed by atoms with Crippen molar-refractivity contribution in [2.45, 2.75) is 37.2 Å². The number of nitrogens with zero attached hydrogens (tertiary/aromatic N) is 1. The van der Waals surface area contributed by atoms with Crippen molar-refractivity contribution in [3.05, 3.63) is 100 Å². The van der Waals surface area contributed by atoms with Gasteiger partial charge >= 0.3 is 0 Å². The third-order valence-corrected chi connectivity index (χ3v) is 6.87. The Hall–Kier alpha value is -2.47. The van der Waals surface area contributed by atoms with E-state index in [1.54, 1.807) is 23.1 Å². The van der Waals surface area contributed by atoms with Gasteiger partial charge < -0.3 is 10.2 Å². The lowest BCUT2D eigenvalue weighted by molar-refractivity contribution is -0.139. The first kappa shape index (κ1) is 26.1. The van der Waals surface area contributed by atoms with Crippen LogP contribution < -0.4 is 5.32 Å².